The molecule has 1 heterocycles. The molecule has 0 bridgehead atoms. The van der Waals surface area contributed by atoms with E-state index in [-0.39, 0.29) is 26.9 Å². The van der Waals surface area contributed by atoms with Crippen molar-refractivity contribution in [1.29, 1.82) is 0 Å². The fourth-order valence-corrected chi connectivity index (χ4v) is 4.12. The molecule has 164 valence electrons. The fraction of sp³-hybridized carbons (Fsp3) is 0.111. The van der Waals surface area contributed by atoms with E-state index in [1.165, 1.54) is 24.3 Å². The van der Waals surface area contributed by atoms with Gasteiger partial charge in [-0.2, -0.15) is 18.3 Å². The number of carbonyl (C=O) groups is 1. The summed E-state index contributed by atoms with van der Waals surface area (Å²) in [7, 11) is -4.44. The zero-order chi connectivity index (χ0) is 23.1. The number of sulfonamides is 1. The Balaban J connectivity index is 2.21. The van der Waals surface area contributed by atoms with Gasteiger partial charge in [0.15, 0.2) is 0 Å². The Bertz CT molecular complexity index is 1280. The maximum absolute atomic E-state index is 12.9. The van der Waals surface area contributed by atoms with Gasteiger partial charge in [-0.05, 0) is 41.5 Å². The third kappa shape index (κ3) is 4.85. The maximum Gasteiger partial charge on any atom is 0.419 e. The number of carbonyl (C=O) groups excluding carboxylic acids is 1. The molecule has 31 heavy (non-hydrogen) atoms. The lowest BCUT2D eigenvalue weighted by Crippen LogP contribution is -2.24. The topological polar surface area (TPSA) is 121 Å². The molecule has 4 N–H and O–H groups in total. The average molecular weight is 493 g/mol. The van der Waals surface area contributed by atoms with Crippen LogP contribution in [0.2, 0.25) is 10.0 Å². The summed E-state index contributed by atoms with van der Waals surface area (Å²) in [5.74, 6) is -2.07. The van der Waals surface area contributed by atoms with E-state index in [1.807, 2.05) is 0 Å². The van der Waals surface area contributed by atoms with Gasteiger partial charge in [0.05, 0.1) is 23.4 Å². The smallest absolute Gasteiger partial charge is 0.369 e. The van der Waals surface area contributed by atoms with E-state index in [0.717, 1.165) is 16.8 Å². The van der Waals surface area contributed by atoms with Gasteiger partial charge in [-0.3, -0.25) is 4.79 Å². The molecule has 0 fully saturated rings. The van der Waals surface area contributed by atoms with E-state index in [4.69, 9.17) is 34.1 Å². The zero-order valence-corrected chi connectivity index (χ0v) is 17.6. The van der Waals surface area contributed by atoms with Crippen molar-refractivity contribution in [2.75, 3.05) is 0 Å². The highest BCUT2D eigenvalue weighted by Gasteiger charge is 2.33. The second-order valence-electron chi connectivity index (χ2n) is 6.44. The number of halogens is 5. The van der Waals surface area contributed by atoms with Gasteiger partial charge in [-0.1, -0.05) is 29.3 Å². The summed E-state index contributed by atoms with van der Waals surface area (Å²) in [5, 5.41) is 9.24. The molecule has 13 heteroatoms. The summed E-state index contributed by atoms with van der Waals surface area (Å²) in [6, 6.07) is 7.83. The number of primary sulfonamides is 1. The highest BCUT2D eigenvalue weighted by Crippen LogP contribution is 2.35. The molecule has 3 aromatic rings. The molecule has 1 unspecified atom stereocenters. The third-order valence-corrected chi connectivity index (χ3v) is 5.85. The minimum Gasteiger partial charge on any atom is -0.369 e. The zero-order valence-electron chi connectivity index (χ0n) is 15.3. The molecule has 3 rings (SSSR count). The molecule has 0 spiro atoms. The number of hydrogen-bond donors (Lipinski definition) is 2. The summed E-state index contributed by atoms with van der Waals surface area (Å²) in [4.78, 5) is 11.6. The Morgan fingerprint density at radius 1 is 1.13 bits per heavy atom. The number of hydrogen-bond acceptors (Lipinski definition) is 4. The summed E-state index contributed by atoms with van der Waals surface area (Å²) in [5.41, 5.74) is 4.49. The molecule has 0 aliphatic heterocycles. The number of nitrogens with two attached hydrogens (primary N) is 2. The van der Waals surface area contributed by atoms with E-state index in [0.29, 0.717) is 12.4 Å². The number of rotatable bonds is 5. The SMILES string of the molecule is NC(=O)C(c1ccc(-n2cc(C(F)(F)F)cn2)c(S(N)(=O)=O)c1)c1cc(Cl)ccc1Cl. The normalized spacial score (nSPS) is 13.2. The van der Waals surface area contributed by atoms with Crippen LogP contribution in [-0.4, -0.2) is 24.1 Å². The third-order valence-electron chi connectivity index (χ3n) is 4.33. The second-order valence-corrected chi connectivity index (χ2v) is 8.82. The molecule has 2 aromatic carbocycles. The first-order chi connectivity index (χ1) is 14.3. The van der Waals surface area contributed by atoms with Crippen LogP contribution in [0.5, 0.6) is 0 Å². The lowest BCUT2D eigenvalue weighted by Gasteiger charge is -2.18. The van der Waals surface area contributed by atoms with Gasteiger partial charge in [0, 0.05) is 16.2 Å². The van der Waals surface area contributed by atoms with Crippen LogP contribution in [0.1, 0.15) is 22.6 Å². The molecule has 0 aliphatic carbocycles. The van der Waals surface area contributed by atoms with Gasteiger partial charge in [0.1, 0.15) is 4.90 Å². The lowest BCUT2D eigenvalue weighted by molar-refractivity contribution is -0.137. The number of alkyl halides is 3. The van der Waals surface area contributed by atoms with Crippen LogP contribution in [0.25, 0.3) is 5.69 Å². The lowest BCUT2D eigenvalue weighted by atomic mass is 9.90. The van der Waals surface area contributed by atoms with Crippen molar-refractivity contribution in [3.63, 3.8) is 0 Å². The predicted octanol–water partition coefficient (Wildman–Crippen LogP) is 3.46. The standard InChI is InChI=1S/C18H13Cl2F3N4O3S/c19-11-2-3-13(20)12(6-11)16(17(24)28)9-1-4-14(15(5-9)31(25,29)30)27-8-10(7-26-27)18(21,22)23/h1-8,16H,(H2,24,28)(H2,25,29,30). The minimum absolute atomic E-state index is 0.0904. The van der Waals surface area contributed by atoms with Gasteiger partial charge >= 0.3 is 6.18 Å². The van der Waals surface area contributed by atoms with Crippen molar-refractivity contribution < 1.29 is 26.4 Å². The predicted molar refractivity (Wildman–Crippen MR) is 107 cm³/mol. The Morgan fingerprint density at radius 3 is 2.35 bits per heavy atom. The molecule has 0 saturated heterocycles. The van der Waals surface area contributed by atoms with Crippen LogP contribution < -0.4 is 10.9 Å². The van der Waals surface area contributed by atoms with Crippen molar-refractivity contribution >= 4 is 39.1 Å². The molecule has 0 radical (unpaired) electrons. The van der Waals surface area contributed by atoms with Gasteiger partial charge in [0.2, 0.25) is 15.9 Å². The number of primary amides is 1. The molecule has 0 saturated carbocycles. The quantitative estimate of drug-likeness (QED) is 0.566. The average Bonchev–Trinajstić information content (AvgIpc) is 3.14. The number of nitrogens with zero attached hydrogens (tertiary/aromatic N) is 2. The van der Waals surface area contributed by atoms with Crippen molar-refractivity contribution in [2.45, 2.75) is 17.0 Å². The van der Waals surface area contributed by atoms with Crippen molar-refractivity contribution in [1.82, 2.24) is 9.78 Å². The Kier molecular flexibility index (Phi) is 6.07. The van der Waals surface area contributed by atoms with Crippen molar-refractivity contribution in [3.8, 4) is 5.69 Å². The first-order valence-corrected chi connectivity index (χ1v) is 10.6. The number of amides is 1. The van der Waals surface area contributed by atoms with Crippen LogP contribution >= 0.6 is 23.2 Å². The van der Waals surface area contributed by atoms with E-state index in [2.05, 4.69) is 5.10 Å². The number of benzene rings is 2. The van der Waals surface area contributed by atoms with Gasteiger partial charge in [-0.15, -0.1) is 0 Å². The largest absolute Gasteiger partial charge is 0.419 e. The van der Waals surface area contributed by atoms with Gasteiger partial charge in [-0.25, -0.2) is 18.2 Å². The van der Waals surface area contributed by atoms with Gasteiger partial charge in [0.25, 0.3) is 0 Å². The molecule has 0 aliphatic rings. The summed E-state index contributed by atoms with van der Waals surface area (Å²) in [6.07, 6.45) is -3.53. The van der Waals surface area contributed by atoms with E-state index in [1.54, 1.807) is 0 Å². The van der Waals surface area contributed by atoms with Crippen molar-refractivity contribution in [3.05, 3.63) is 75.5 Å². The monoisotopic (exact) mass is 492 g/mol. The van der Waals surface area contributed by atoms with E-state index < -0.39 is 38.5 Å². The highest BCUT2D eigenvalue weighted by molar-refractivity contribution is 7.89. The van der Waals surface area contributed by atoms with Crippen LogP contribution in [-0.2, 0) is 21.0 Å². The van der Waals surface area contributed by atoms with Gasteiger partial charge < -0.3 is 5.73 Å². The number of aromatic nitrogens is 2. The Morgan fingerprint density at radius 2 is 1.81 bits per heavy atom. The highest BCUT2D eigenvalue weighted by atomic mass is 35.5. The first-order valence-electron chi connectivity index (χ1n) is 8.32. The summed E-state index contributed by atoms with van der Waals surface area (Å²) in [6.45, 7) is 0. The summed E-state index contributed by atoms with van der Waals surface area (Å²) >= 11 is 12.1. The molecule has 1 aromatic heterocycles. The maximum atomic E-state index is 12.9. The molecule has 7 nitrogen and oxygen atoms in total. The first kappa shape index (κ1) is 23.1. The Labute approximate surface area is 184 Å². The van der Waals surface area contributed by atoms with Crippen molar-refractivity contribution in [2.24, 2.45) is 10.9 Å². The van der Waals surface area contributed by atoms with E-state index in [9.17, 15) is 26.4 Å². The fourth-order valence-electron chi connectivity index (χ4n) is 2.96. The van der Waals surface area contributed by atoms with Crippen LogP contribution in [0.15, 0.2) is 53.7 Å². The second kappa shape index (κ2) is 8.15. The molecular formula is C18H13Cl2F3N4O3S. The van der Waals surface area contributed by atoms with Crippen LogP contribution in [0.4, 0.5) is 13.2 Å². The van der Waals surface area contributed by atoms with Crippen LogP contribution in [0, 0.1) is 0 Å². The molecule has 1 amide bonds. The summed E-state index contributed by atoms with van der Waals surface area (Å²) < 4.78 is 63.8. The molecule has 1 atom stereocenters. The minimum atomic E-state index is -4.68. The van der Waals surface area contributed by atoms with Crippen LogP contribution in [0.3, 0.4) is 0 Å². The molecular weight excluding hydrogens is 480 g/mol. The Hall–Kier alpha value is -2.60. The van der Waals surface area contributed by atoms with E-state index >= 15 is 0 Å².